The lowest BCUT2D eigenvalue weighted by atomic mass is 9.74. The average molecular weight is 453 g/mol. The van der Waals surface area contributed by atoms with Crippen LogP contribution in [0.25, 0.3) is 6.08 Å². The van der Waals surface area contributed by atoms with E-state index in [2.05, 4.69) is 66.2 Å². The van der Waals surface area contributed by atoms with Crippen molar-refractivity contribution in [3.05, 3.63) is 75.8 Å². The van der Waals surface area contributed by atoms with Crippen molar-refractivity contribution >= 4 is 17.7 Å². The molecule has 2 aromatic rings. The first kappa shape index (κ1) is 23.5. The lowest BCUT2D eigenvalue weighted by Gasteiger charge is -2.42. The highest BCUT2D eigenvalue weighted by Crippen LogP contribution is 2.41. The van der Waals surface area contributed by atoms with E-state index in [9.17, 15) is 5.11 Å². The Kier molecular flexibility index (Phi) is 7.73. The predicted molar refractivity (Wildman–Crippen MR) is 135 cm³/mol. The van der Waals surface area contributed by atoms with Crippen LogP contribution in [0.5, 0.6) is 0 Å². The molecule has 0 amide bonds. The summed E-state index contributed by atoms with van der Waals surface area (Å²) in [7, 11) is 2.20. The zero-order valence-electron chi connectivity index (χ0n) is 19.6. The van der Waals surface area contributed by atoms with E-state index in [4.69, 9.17) is 11.6 Å². The minimum atomic E-state index is -0.840. The third-order valence-corrected chi connectivity index (χ3v) is 7.57. The van der Waals surface area contributed by atoms with Crippen LogP contribution in [-0.2, 0) is 6.42 Å². The van der Waals surface area contributed by atoms with Crippen molar-refractivity contribution in [3.8, 4) is 0 Å². The fourth-order valence-electron chi connectivity index (χ4n) is 5.36. The lowest BCUT2D eigenvalue weighted by Crippen LogP contribution is -2.51. The van der Waals surface area contributed by atoms with Crippen molar-refractivity contribution in [3.63, 3.8) is 0 Å². The van der Waals surface area contributed by atoms with Gasteiger partial charge in [-0.15, -0.1) is 0 Å². The van der Waals surface area contributed by atoms with Gasteiger partial charge in [0.15, 0.2) is 0 Å². The molecule has 2 aromatic carbocycles. The first-order valence-electron chi connectivity index (χ1n) is 12.1. The van der Waals surface area contributed by atoms with Crippen molar-refractivity contribution in [2.75, 3.05) is 39.8 Å². The fourth-order valence-corrected chi connectivity index (χ4v) is 5.48. The third kappa shape index (κ3) is 5.82. The van der Waals surface area contributed by atoms with E-state index in [1.54, 1.807) is 0 Å². The molecule has 4 rings (SSSR count). The van der Waals surface area contributed by atoms with Crippen LogP contribution in [0, 0.1) is 12.8 Å². The van der Waals surface area contributed by atoms with Crippen LogP contribution in [0.15, 0.2) is 54.1 Å². The molecule has 2 unspecified atom stereocenters. The van der Waals surface area contributed by atoms with Gasteiger partial charge < -0.3 is 14.9 Å². The Morgan fingerprint density at radius 2 is 1.81 bits per heavy atom. The van der Waals surface area contributed by atoms with Gasteiger partial charge in [-0.25, -0.2) is 0 Å². The molecule has 3 nitrogen and oxygen atoms in total. The van der Waals surface area contributed by atoms with E-state index in [0.29, 0.717) is 6.42 Å². The van der Waals surface area contributed by atoms with Gasteiger partial charge in [0.25, 0.3) is 0 Å². The smallest absolute Gasteiger partial charge is 0.0940 e. The van der Waals surface area contributed by atoms with E-state index >= 15 is 0 Å². The molecule has 1 aliphatic heterocycles. The Balaban J connectivity index is 1.68. The standard InChI is InChI=1S/C28H37ClN2O/c1-22-6-5-7-24(18-22)20-28(32)25(19-23-10-12-27(29)13-11-23)8-3-4-9-26(28)21-31-16-14-30(2)15-17-31/h5-7,10-13,18-19,26,32H,3-4,8-9,14-17,20-21H2,1-2H3/b25-19-. The Morgan fingerprint density at radius 3 is 2.53 bits per heavy atom. The van der Waals surface area contributed by atoms with Gasteiger partial charge in [0.05, 0.1) is 5.60 Å². The number of halogens is 1. The van der Waals surface area contributed by atoms with Crippen LogP contribution in [-0.4, -0.2) is 60.3 Å². The largest absolute Gasteiger partial charge is 0.385 e. The third-order valence-electron chi connectivity index (χ3n) is 7.32. The lowest BCUT2D eigenvalue weighted by molar-refractivity contribution is -0.00643. The molecule has 2 atom stereocenters. The van der Waals surface area contributed by atoms with E-state index < -0.39 is 5.60 Å². The monoisotopic (exact) mass is 452 g/mol. The van der Waals surface area contributed by atoms with Crippen molar-refractivity contribution in [1.82, 2.24) is 9.80 Å². The van der Waals surface area contributed by atoms with Crippen LogP contribution in [0.1, 0.15) is 42.4 Å². The van der Waals surface area contributed by atoms with Gasteiger partial charge in [0.1, 0.15) is 0 Å². The Bertz CT molecular complexity index is 917. The number of likely N-dealkylation sites (N-methyl/N-ethyl adjacent to an activating group) is 1. The number of rotatable bonds is 5. The topological polar surface area (TPSA) is 26.7 Å². The molecule has 0 spiro atoms. The quantitative estimate of drug-likeness (QED) is 0.611. The SMILES string of the molecule is Cc1cccc(CC2(O)/C(=C\c3ccc(Cl)cc3)CCCCC2CN2CCN(C)CC2)c1. The van der Waals surface area contributed by atoms with Gasteiger partial charge >= 0.3 is 0 Å². The molecule has 1 saturated carbocycles. The molecule has 1 saturated heterocycles. The summed E-state index contributed by atoms with van der Waals surface area (Å²) in [5, 5.41) is 13.2. The molecular weight excluding hydrogens is 416 g/mol. The molecule has 172 valence electrons. The van der Waals surface area contributed by atoms with Crippen LogP contribution in [0.3, 0.4) is 0 Å². The van der Waals surface area contributed by atoms with Crippen LogP contribution in [0.2, 0.25) is 5.02 Å². The van der Waals surface area contributed by atoms with E-state index in [1.165, 1.54) is 23.1 Å². The van der Waals surface area contributed by atoms with Gasteiger partial charge in [-0.05, 0) is 62.1 Å². The summed E-state index contributed by atoms with van der Waals surface area (Å²) >= 11 is 6.12. The molecular formula is C28H37ClN2O. The molecule has 0 aromatic heterocycles. The number of nitrogens with zero attached hydrogens (tertiary/aromatic N) is 2. The molecule has 1 aliphatic carbocycles. The summed E-state index contributed by atoms with van der Waals surface area (Å²) in [5.41, 5.74) is 3.93. The molecule has 1 heterocycles. The highest BCUT2D eigenvalue weighted by molar-refractivity contribution is 6.30. The summed E-state index contributed by atoms with van der Waals surface area (Å²) in [5.74, 6) is 0.229. The first-order valence-corrected chi connectivity index (χ1v) is 12.5. The maximum atomic E-state index is 12.5. The second-order valence-corrected chi connectivity index (χ2v) is 10.3. The maximum Gasteiger partial charge on any atom is 0.0940 e. The summed E-state index contributed by atoms with van der Waals surface area (Å²) in [6.07, 6.45) is 7.24. The molecule has 1 N–H and O–H groups in total. The van der Waals surface area contributed by atoms with Gasteiger partial charge in [0.2, 0.25) is 0 Å². The van der Waals surface area contributed by atoms with E-state index in [1.807, 2.05) is 12.1 Å². The highest BCUT2D eigenvalue weighted by atomic mass is 35.5. The number of hydrogen-bond donors (Lipinski definition) is 1. The molecule has 32 heavy (non-hydrogen) atoms. The van der Waals surface area contributed by atoms with Crippen LogP contribution < -0.4 is 0 Å². The zero-order chi connectivity index (χ0) is 22.6. The minimum absolute atomic E-state index is 0.229. The number of aryl methyl sites for hydroxylation is 1. The van der Waals surface area contributed by atoms with Gasteiger partial charge in [-0.2, -0.15) is 0 Å². The van der Waals surface area contributed by atoms with Crippen molar-refractivity contribution in [1.29, 1.82) is 0 Å². The van der Waals surface area contributed by atoms with Crippen LogP contribution in [0.4, 0.5) is 0 Å². The van der Waals surface area contributed by atoms with E-state index in [-0.39, 0.29) is 5.92 Å². The minimum Gasteiger partial charge on any atom is -0.385 e. The Hall–Kier alpha value is -1.65. The highest BCUT2D eigenvalue weighted by Gasteiger charge is 2.42. The Labute approximate surface area is 198 Å². The first-order chi connectivity index (χ1) is 15.4. The summed E-state index contributed by atoms with van der Waals surface area (Å²) in [4.78, 5) is 4.96. The zero-order valence-corrected chi connectivity index (χ0v) is 20.3. The van der Waals surface area contributed by atoms with Gasteiger partial charge in [0, 0.05) is 50.1 Å². The number of benzene rings is 2. The Morgan fingerprint density at radius 1 is 1.06 bits per heavy atom. The average Bonchev–Trinajstić information content (AvgIpc) is 2.91. The molecule has 0 radical (unpaired) electrons. The second-order valence-electron chi connectivity index (χ2n) is 9.86. The second kappa shape index (κ2) is 10.5. The van der Waals surface area contributed by atoms with Crippen molar-refractivity contribution in [2.45, 2.75) is 44.6 Å². The molecule has 2 aliphatic rings. The van der Waals surface area contributed by atoms with Crippen LogP contribution >= 0.6 is 11.6 Å². The molecule has 0 bridgehead atoms. The normalized spacial score (nSPS) is 26.9. The van der Waals surface area contributed by atoms with Crippen molar-refractivity contribution in [2.24, 2.45) is 5.92 Å². The number of hydrogen-bond acceptors (Lipinski definition) is 3. The number of piperazine rings is 1. The summed E-state index contributed by atoms with van der Waals surface area (Å²) < 4.78 is 0. The summed E-state index contributed by atoms with van der Waals surface area (Å²) in [6.45, 7) is 7.49. The fraction of sp³-hybridized carbons (Fsp3) is 0.500. The van der Waals surface area contributed by atoms with Crippen molar-refractivity contribution < 1.29 is 5.11 Å². The number of aliphatic hydroxyl groups is 1. The molecule has 2 fully saturated rings. The van der Waals surface area contributed by atoms with Gasteiger partial charge in [-0.3, -0.25) is 0 Å². The maximum absolute atomic E-state index is 12.5. The van der Waals surface area contributed by atoms with Gasteiger partial charge in [-0.1, -0.05) is 66.1 Å². The summed E-state index contributed by atoms with van der Waals surface area (Å²) in [6, 6.07) is 16.6. The van der Waals surface area contributed by atoms with E-state index in [0.717, 1.165) is 62.6 Å². The predicted octanol–water partition coefficient (Wildman–Crippen LogP) is 5.44. The molecule has 4 heteroatoms.